The normalized spacial score (nSPS) is 22.2. The van der Waals surface area contributed by atoms with Crippen molar-refractivity contribution in [1.82, 2.24) is 10.2 Å². The van der Waals surface area contributed by atoms with E-state index < -0.39 is 12.7 Å². The number of alkyl halides is 3. The van der Waals surface area contributed by atoms with Crippen molar-refractivity contribution in [1.29, 1.82) is 0 Å². The monoisotopic (exact) mass is 421 g/mol. The number of benzene rings is 1. The minimum absolute atomic E-state index is 0.203. The largest absolute Gasteiger partial charge is 0.467 e. The predicted molar refractivity (Wildman–Crippen MR) is 107 cm³/mol. The van der Waals surface area contributed by atoms with Crippen LogP contribution in [0.3, 0.4) is 0 Å². The summed E-state index contributed by atoms with van der Waals surface area (Å²) in [6.07, 6.45) is -0.499. The molecular formula is C22H26F3N3O2. The molecule has 0 unspecified atom stereocenters. The second-order valence-corrected chi connectivity index (χ2v) is 8.23. The van der Waals surface area contributed by atoms with Crippen LogP contribution < -0.4 is 10.2 Å². The Kier molecular flexibility index (Phi) is 5.77. The fourth-order valence-electron chi connectivity index (χ4n) is 4.52. The van der Waals surface area contributed by atoms with Gasteiger partial charge in [-0.3, -0.25) is 9.69 Å². The highest BCUT2D eigenvalue weighted by Gasteiger charge is 2.34. The Balaban J connectivity index is 1.41. The minimum atomic E-state index is -4.23. The molecule has 1 N–H and O–H groups in total. The number of furan rings is 1. The average molecular weight is 421 g/mol. The van der Waals surface area contributed by atoms with Gasteiger partial charge in [0.15, 0.2) is 0 Å². The molecule has 30 heavy (non-hydrogen) atoms. The molecule has 1 saturated heterocycles. The molecule has 1 aromatic carbocycles. The maximum Gasteiger partial charge on any atom is 0.401 e. The number of piperidine rings is 1. The number of para-hydroxylation sites is 1. The Hall–Kier alpha value is -2.48. The molecule has 2 aliphatic heterocycles. The van der Waals surface area contributed by atoms with E-state index >= 15 is 0 Å². The van der Waals surface area contributed by atoms with Gasteiger partial charge >= 0.3 is 6.18 Å². The van der Waals surface area contributed by atoms with Crippen molar-refractivity contribution in [3.8, 4) is 0 Å². The lowest BCUT2D eigenvalue weighted by Gasteiger charge is -2.33. The molecule has 3 heterocycles. The standard InChI is InChI=1S/C22H26F3N3O2/c1-15-11-16-5-2-3-7-19(16)28(15)13-20-18(8-10-30-20)21(29)26-17-6-4-9-27(12-17)14-22(23,24)25/h2-3,5,7-8,10,15,17H,4,6,9,11-14H2,1H3,(H,26,29)/t15-,17-/m0/s1. The summed E-state index contributed by atoms with van der Waals surface area (Å²) in [4.78, 5) is 16.4. The second kappa shape index (κ2) is 8.34. The molecule has 0 radical (unpaired) electrons. The van der Waals surface area contributed by atoms with Crippen LogP contribution in [0.1, 0.15) is 41.4 Å². The highest BCUT2D eigenvalue weighted by atomic mass is 19.4. The van der Waals surface area contributed by atoms with E-state index in [1.54, 1.807) is 6.07 Å². The van der Waals surface area contributed by atoms with Gasteiger partial charge in [0.05, 0.1) is 24.9 Å². The van der Waals surface area contributed by atoms with E-state index in [1.807, 2.05) is 12.1 Å². The molecule has 2 aliphatic rings. The number of carbonyl (C=O) groups excluding carboxylic acids is 1. The smallest absolute Gasteiger partial charge is 0.401 e. The Bertz CT molecular complexity index is 896. The van der Waals surface area contributed by atoms with Crippen LogP contribution >= 0.6 is 0 Å². The van der Waals surface area contributed by atoms with Crippen molar-refractivity contribution >= 4 is 11.6 Å². The Labute approximate surface area is 173 Å². The van der Waals surface area contributed by atoms with Gasteiger partial charge in [-0.15, -0.1) is 0 Å². The molecule has 5 nitrogen and oxygen atoms in total. The van der Waals surface area contributed by atoms with Crippen LogP contribution in [0.25, 0.3) is 0 Å². The summed E-state index contributed by atoms with van der Waals surface area (Å²) in [6.45, 7) is 2.27. The van der Waals surface area contributed by atoms with Gasteiger partial charge in [-0.05, 0) is 50.4 Å². The first-order chi connectivity index (χ1) is 14.3. The van der Waals surface area contributed by atoms with Gasteiger partial charge in [0.25, 0.3) is 5.91 Å². The van der Waals surface area contributed by atoms with Gasteiger partial charge in [0, 0.05) is 24.3 Å². The first-order valence-corrected chi connectivity index (χ1v) is 10.3. The van der Waals surface area contributed by atoms with E-state index in [-0.39, 0.29) is 24.5 Å². The topological polar surface area (TPSA) is 48.7 Å². The molecule has 1 fully saturated rings. The van der Waals surface area contributed by atoms with Gasteiger partial charge in [0.2, 0.25) is 0 Å². The third-order valence-corrected chi connectivity index (χ3v) is 5.90. The number of nitrogens with one attached hydrogen (secondary N) is 1. The van der Waals surface area contributed by atoms with Gasteiger partial charge in [-0.25, -0.2) is 0 Å². The van der Waals surface area contributed by atoms with Crippen LogP contribution in [0.4, 0.5) is 18.9 Å². The molecule has 1 amide bonds. The van der Waals surface area contributed by atoms with Gasteiger partial charge in [-0.2, -0.15) is 13.2 Å². The summed E-state index contributed by atoms with van der Waals surface area (Å²) in [5.41, 5.74) is 2.86. The molecule has 1 aromatic heterocycles. The molecular weight excluding hydrogens is 395 g/mol. The molecule has 162 valence electrons. The maximum atomic E-state index is 12.9. The van der Waals surface area contributed by atoms with E-state index in [0.717, 1.165) is 12.1 Å². The lowest BCUT2D eigenvalue weighted by Crippen LogP contribution is -2.50. The molecule has 0 spiro atoms. The Morgan fingerprint density at radius 2 is 2.07 bits per heavy atom. The van der Waals surface area contributed by atoms with Crippen LogP contribution in [0.2, 0.25) is 0 Å². The van der Waals surface area contributed by atoms with Crippen LogP contribution in [0, 0.1) is 0 Å². The first-order valence-electron chi connectivity index (χ1n) is 10.3. The molecule has 4 rings (SSSR count). The van der Waals surface area contributed by atoms with E-state index in [9.17, 15) is 18.0 Å². The maximum absolute atomic E-state index is 12.9. The van der Waals surface area contributed by atoms with Gasteiger partial charge in [-0.1, -0.05) is 18.2 Å². The first kappa shape index (κ1) is 20.8. The lowest BCUT2D eigenvalue weighted by molar-refractivity contribution is -0.148. The summed E-state index contributed by atoms with van der Waals surface area (Å²) >= 11 is 0. The Morgan fingerprint density at radius 3 is 2.87 bits per heavy atom. The highest BCUT2D eigenvalue weighted by molar-refractivity contribution is 5.95. The van der Waals surface area contributed by atoms with Gasteiger partial charge < -0.3 is 14.6 Å². The number of likely N-dealkylation sites (tertiary alicyclic amines) is 1. The number of hydrogen-bond donors (Lipinski definition) is 1. The number of carbonyl (C=O) groups is 1. The molecule has 8 heteroatoms. The van der Waals surface area contributed by atoms with Crippen molar-refractivity contribution < 1.29 is 22.4 Å². The van der Waals surface area contributed by atoms with E-state index in [1.165, 1.54) is 16.7 Å². The minimum Gasteiger partial charge on any atom is -0.467 e. The summed E-state index contributed by atoms with van der Waals surface area (Å²) in [5.74, 6) is 0.275. The fourth-order valence-corrected chi connectivity index (χ4v) is 4.52. The second-order valence-electron chi connectivity index (χ2n) is 8.23. The third kappa shape index (κ3) is 4.64. The third-order valence-electron chi connectivity index (χ3n) is 5.90. The van der Waals surface area contributed by atoms with Crippen LogP contribution in [-0.2, 0) is 13.0 Å². The summed E-state index contributed by atoms with van der Waals surface area (Å²) < 4.78 is 43.7. The number of anilines is 1. The number of amides is 1. The fraction of sp³-hybridized carbons (Fsp3) is 0.500. The summed E-state index contributed by atoms with van der Waals surface area (Å²) in [5, 5.41) is 2.91. The quantitative estimate of drug-likeness (QED) is 0.793. The number of hydrogen-bond acceptors (Lipinski definition) is 4. The zero-order chi connectivity index (χ0) is 21.3. The molecule has 0 aliphatic carbocycles. The average Bonchev–Trinajstić information content (AvgIpc) is 3.26. The van der Waals surface area contributed by atoms with Crippen LogP contribution in [0.15, 0.2) is 41.0 Å². The zero-order valence-corrected chi connectivity index (χ0v) is 16.9. The van der Waals surface area contributed by atoms with E-state index in [4.69, 9.17) is 4.42 Å². The number of halogens is 3. The highest BCUT2D eigenvalue weighted by Crippen LogP contribution is 2.33. The van der Waals surface area contributed by atoms with Crippen molar-refractivity contribution in [3.05, 3.63) is 53.5 Å². The van der Waals surface area contributed by atoms with E-state index in [2.05, 4.69) is 29.3 Å². The number of fused-ring (bicyclic) bond motifs is 1. The zero-order valence-electron chi connectivity index (χ0n) is 16.9. The molecule has 2 aromatic rings. The summed E-state index contributed by atoms with van der Waals surface area (Å²) in [7, 11) is 0. The predicted octanol–water partition coefficient (Wildman–Crippen LogP) is 3.99. The lowest BCUT2D eigenvalue weighted by atomic mass is 10.0. The van der Waals surface area contributed by atoms with Crippen molar-refractivity contribution in [2.45, 2.75) is 51.0 Å². The van der Waals surface area contributed by atoms with Crippen molar-refractivity contribution in [2.24, 2.45) is 0 Å². The molecule has 2 atom stereocenters. The molecule has 0 bridgehead atoms. The van der Waals surface area contributed by atoms with Gasteiger partial charge in [0.1, 0.15) is 5.76 Å². The number of rotatable bonds is 5. The van der Waals surface area contributed by atoms with Crippen molar-refractivity contribution in [2.75, 3.05) is 24.5 Å². The number of nitrogens with zero attached hydrogens (tertiary/aromatic N) is 2. The summed E-state index contributed by atoms with van der Waals surface area (Å²) in [6, 6.07) is 9.81. The van der Waals surface area contributed by atoms with Crippen molar-refractivity contribution in [3.63, 3.8) is 0 Å². The Morgan fingerprint density at radius 1 is 1.27 bits per heavy atom. The molecule has 0 saturated carbocycles. The van der Waals surface area contributed by atoms with E-state index in [0.29, 0.717) is 37.3 Å². The SMILES string of the molecule is C[C@H]1Cc2ccccc2N1Cc1occc1C(=O)N[C@H]1CCCN(CC(F)(F)F)C1. The van der Waals surface area contributed by atoms with Crippen LogP contribution in [0.5, 0.6) is 0 Å². The van der Waals surface area contributed by atoms with Crippen LogP contribution in [-0.4, -0.2) is 48.7 Å².